The van der Waals surface area contributed by atoms with E-state index in [4.69, 9.17) is 15.0 Å². The first-order chi connectivity index (χ1) is 24.0. The fourth-order valence-corrected chi connectivity index (χ4v) is 7.38. The fourth-order valence-electron chi connectivity index (χ4n) is 7.38. The summed E-state index contributed by atoms with van der Waals surface area (Å²) in [5.41, 5.74) is 12.7. The minimum Gasteiger partial charge on any atom is -0.208 e. The Bertz CT molecular complexity index is 2450. The van der Waals surface area contributed by atoms with Crippen molar-refractivity contribution in [2.45, 2.75) is 19.3 Å². The number of hydrogen-bond acceptors (Lipinski definition) is 3. The van der Waals surface area contributed by atoms with Gasteiger partial charge in [0, 0.05) is 22.1 Å². The molecule has 0 atom stereocenters. The minimum absolute atomic E-state index is 0.0958. The summed E-state index contributed by atoms with van der Waals surface area (Å²) in [6.07, 6.45) is 0. The van der Waals surface area contributed by atoms with E-state index >= 15 is 0 Å². The highest BCUT2D eigenvalue weighted by molar-refractivity contribution is 5.98. The summed E-state index contributed by atoms with van der Waals surface area (Å²) >= 11 is 0. The maximum Gasteiger partial charge on any atom is 0.164 e. The summed E-state index contributed by atoms with van der Waals surface area (Å²) in [6, 6.07) is 58.0. The van der Waals surface area contributed by atoms with Crippen molar-refractivity contribution in [1.82, 2.24) is 15.0 Å². The van der Waals surface area contributed by atoms with Crippen molar-refractivity contribution in [2.24, 2.45) is 0 Å². The van der Waals surface area contributed by atoms with Crippen LogP contribution < -0.4 is 0 Å². The van der Waals surface area contributed by atoms with E-state index in [2.05, 4.69) is 141 Å². The first kappa shape index (κ1) is 29.0. The molecule has 0 unspecified atom stereocenters. The maximum atomic E-state index is 5.12. The van der Waals surface area contributed by atoms with Gasteiger partial charge in [-0.05, 0) is 79.5 Å². The Labute approximate surface area is 286 Å². The summed E-state index contributed by atoms with van der Waals surface area (Å²) in [4.78, 5) is 15.2. The molecule has 49 heavy (non-hydrogen) atoms. The molecule has 1 aromatic heterocycles. The lowest BCUT2D eigenvalue weighted by molar-refractivity contribution is 0.660. The van der Waals surface area contributed by atoms with Gasteiger partial charge < -0.3 is 0 Å². The van der Waals surface area contributed by atoms with Crippen LogP contribution in [0.1, 0.15) is 25.0 Å². The molecule has 0 fully saturated rings. The molecule has 1 aliphatic carbocycles. The molecular weight excluding hydrogens is 595 g/mol. The highest BCUT2D eigenvalue weighted by Gasteiger charge is 2.35. The predicted octanol–water partition coefficient (Wildman–Crippen LogP) is 11.7. The monoisotopic (exact) mass is 627 g/mol. The van der Waals surface area contributed by atoms with Gasteiger partial charge in [-0.2, -0.15) is 0 Å². The van der Waals surface area contributed by atoms with E-state index in [1.807, 2.05) is 36.4 Å². The molecule has 0 radical (unpaired) electrons. The molecule has 0 spiro atoms. The molecule has 1 aliphatic rings. The molecule has 0 aliphatic heterocycles. The van der Waals surface area contributed by atoms with Crippen molar-refractivity contribution < 1.29 is 0 Å². The molecule has 7 aromatic carbocycles. The van der Waals surface area contributed by atoms with E-state index in [-0.39, 0.29) is 5.41 Å². The standard InChI is InChI=1S/C46H33N3/c1-46(2)41-23-12-11-21-39(41)40-25-24-33(29-42(40)46)34-26-35(38-22-13-19-30-14-9-10-20-37(30)38)28-36(27-34)45-48-43(31-15-5-3-6-16-31)47-44(49-45)32-17-7-4-8-18-32/h3-29H,1-2H3. The van der Waals surface area contributed by atoms with Crippen molar-refractivity contribution >= 4 is 10.8 Å². The third kappa shape index (κ3) is 5.03. The van der Waals surface area contributed by atoms with Gasteiger partial charge in [0.25, 0.3) is 0 Å². The molecule has 3 heteroatoms. The number of benzene rings is 7. The quantitative estimate of drug-likeness (QED) is 0.191. The molecule has 232 valence electrons. The minimum atomic E-state index is -0.0958. The van der Waals surface area contributed by atoms with E-state index in [1.54, 1.807) is 0 Å². The van der Waals surface area contributed by atoms with Crippen LogP contribution in [0.4, 0.5) is 0 Å². The Hall–Kier alpha value is -6.19. The molecule has 8 aromatic rings. The third-order valence-electron chi connectivity index (χ3n) is 9.91. The van der Waals surface area contributed by atoms with Crippen LogP contribution in [0.3, 0.4) is 0 Å². The maximum absolute atomic E-state index is 5.12. The molecule has 0 saturated heterocycles. The van der Waals surface area contributed by atoms with Gasteiger partial charge in [0.2, 0.25) is 0 Å². The molecule has 9 rings (SSSR count). The number of fused-ring (bicyclic) bond motifs is 4. The van der Waals surface area contributed by atoms with Crippen LogP contribution in [0.25, 0.3) is 78.3 Å². The summed E-state index contributed by atoms with van der Waals surface area (Å²) in [5.74, 6) is 1.95. The number of rotatable bonds is 5. The zero-order valence-electron chi connectivity index (χ0n) is 27.4. The zero-order chi connectivity index (χ0) is 33.0. The molecule has 1 heterocycles. The number of nitrogens with zero attached hydrogens (tertiary/aromatic N) is 3. The molecule has 0 amide bonds. The third-order valence-corrected chi connectivity index (χ3v) is 9.91. The summed E-state index contributed by atoms with van der Waals surface area (Å²) in [7, 11) is 0. The van der Waals surface area contributed by atoms with Crippen LogP contribution >= 0.6 is 0 Å². The lowest BCUT2D eigenvalue weighted by Crippen LogP contribution is -2.14. The second kappa shape index (κ2) is 11.5. The van der Waals surface area contributed by atoms with Gasteiger partial charge in [0.15, 0.2) is 17.5 Å². The topological polar surface area (TPSA) is 38.7 Å². The summed E-state index contributed by atoms with van der Waals surface area (Å²) in [5, 5.41) is 2.42. The molecule has 0 bridgehead atoms. The van der Waals surface area contributed by atoms with Crippen LogP contribution in [-0.4, -0.2) is 15.0 Å². The van der Waals surface area contributed by atoms with E-state index in [1.165, 1.54) is 44.2 Å². The second-order valence-electron chi connectivity index (χ2n) is 13.3. The zero-order valence-corrected chi connectivity index (χ0v) is 27.4. The summed E-state index contributed by atoms with van der Waals surface area (Å²) < 4.78 is 0. The summed E-state index contributed by atoms with van der Waals surface area (Å²) in [6.45, 7) is 4.67. The van der Waals surface area contributed by atoms with E-state index in [9.17, 15) is 0 Å². The highest BCUT2D eigenvalue weighted by atomic mass is 15.0. The van der Waals surface area contributed by atoms with Crippen LogP contribution in [0, 0.1) is 0 Å². The Morgan fingerprint density at radius 1 is 0.347 bits per heavy atom. The Morgan fingerprint density at radius 2 is 0.878 bits per heavy atom. The van der Waals surface area contributed by atoms with Gasteiger partial charge in [0.05, 0.1) is 0 Å². The van der Waals surface area contributed by atoms with Gasteiger partial charge in [-0.1, -0.05) is 153 Å². The number of hydrogen-bond donors (Lipinski definition) is 0. The lowest BCUT2D eigenvalue weighted by atomic mass is 9.81. The Balaban J connectivity index is 1.28. The van der Waals surface area contributed by atoms with Gasteiger partial charge in [-0.25, -0.2) is 15.0 Å². The largest absolute Gasteiger partial charge is 0.208 e. The Kier molecular flexibility index (Phi) is 6.80. The number of aromatic nitrogens is 3. The van der Waals surface area contributed by atoms with Gasteiger partial charge in [0.1, 0.15) is 0 Å². The van der Waals surface area contributed by atoms with E-state index < -0.39 is 0 Å². The first-order valence-corrected chi connectivity index (χ1v) is 16.8. The normalized spacial score (nSPS) is 12.9. The predicted molar refractivity (Wildman–Crippen MR) is 202 cm³/mol. The van der Waals surface area contributed by atoms with Crippen LogP contribution in [0.15, 0.2) is 164 Å². The van der Waals surface area contributed by atoms with E-state index in [0.717, 1.165) is 27.8 Å². The highest BCUT2D eigenvalue weighted by Crippen LogP contribution is 2.49. The average Bonchev–Trinajstić information content (AvgIpc) is 3.40. The van der Waals surface area contributed by atoms with Gasteiger partial charge in [-0.3, -0.25) is 0 Å². The van der Waals surface area contributed by atoms with Gasteiger partial charge in [-0.15, -0.1) is 0 Å². The van der Waals surface area contributed by atoms with Crippen molar-refractivity contribution in [1.29, 1.82) is 0 Å². The van der Waals surface area contributed by atoms with E-state index in [0.29, 0.717) is 17.5 Å². The molecule has 0 N–H and O–H groups in total. The molecule has 0 saturated carbocycles. The van der Waals surface area contributed by atoms with Crippen LogP contribution in [0.2, 0.25) is 0 Å². The van der Waals surface area contributed by atoms with Crippen LogP contribution in [0.5, 0.6) is 0 Å². The molecule has 3 nitrogen and oxygen atoms in total. The SMILES string of the molecule is CC1(C)c2ccccc2-c2ccc(-c3cc(-c4nc(-c5ccccc5)nc(-c5ccccc5)n4)cc(-c4cccc5ccccc45)c3)cc21. The van der Waals surface area contributed by atoms with Crippen molar-refractivity contribution in [3.8, 4) is 67.5 Å². The lowest BCUT2D eigenvalue weighted by Gasteiger charge is -2.22. The van der Waals surface area contributed by atoms with Crippen LogP contribution in [-0.2, 0) is 5.41 Å². The van der Waals surface area contributed by atoms with Crippen molar-refractivity contribution in [3.05, 3.63) is 175 Å². The fraction of sp³-hybridized carbons (Fsp3) is 0.0652. The van der Waals surface area contributed by atoms with Crippen molar-refractivity contribution in [3.63, 3.8) is 0 Å². The Morgan fingerprint density at radius 3 is 1.61 bits per heavy atom. The van der Waals surface area contributed by atoms with Crippen molar-refractivity contribution in [2.75, 3.05) is 0 Å². The molecular formula is C46H33N3. The average molecular weight is 628 g/mol. The first-order valence-electron chi connectivity index (χ1n) is 16.8. The smallest absolute Gasteiger partial charge is 0.164 e. The second-order valence-corrected chi connectivity index (χ2v) is 13.3. The van der Waals surface area contributed by atoms with Gasteiger partial charge >= 0.3 is 0 Å².